The lowest BCUT2D eigenvalue weighted by Gasteiger charge is -2.41. The monoisotopic (exact) mass is 371 g/mol. The number of alkyl halides is 1. The molecule has 1 aromatic heterocycles. The predicted octanol–water partition coefficient (Wildman–Crippen LogP) is 4.00. The van der Waals surface area contributed by atoms with Gasteiger partial charge in [0.15, 0.2) is 5.13 Å². The minimum atomic E-state index is 0.528. The molecule has 2 fully saturated rings. The Hall–Kier alpha value is -0.130. The molecule has 0 N–H and O–H groups in total. The molecule has 0 radical (unpaired) electrons. The zero-order chi connectivity index (χ0) is 14.5. The van der Waals surface area contributed by atoms with Crippen molar-refractivity contribution in [3.8, 4) is 0 Å². The van der Waals surface area contributed by atoms with E-state index in [9.17, 15) is 0 Å². The second-order valence-electron chi connectivity index (χ2n) is 6.63. The number of hydrogen-bond donors (Lipinski definition) is 0. The third kappa shape index (κ3) is 3.99. The number of anilines is 1. The summed E-state index contributed by atoms with van der Waals surface area (Å²) < 4.78 is 0. The quantitative estimate of drug-likeness (QED) is 0.588. The Morgan fingerprint density at radius 1 is 1.10 bits per heavy atom. The Kier molecular flexibility index (Phi) is 5.57. The Morgan fingerprint density at radius 2 is 1.81 bits per heavy atom. The molecule has 1 saturated carbocycles. The number of thiazole rings is 1. The van der Waals surface area contributed by atoms with E-state index in [0.717, 1.165) is 13.1 Å². The van der Waals surface area contributed by atoms with Gasteiger partial charge in [-0.25, -0.2) is 4.98 Å². The summed E-state index contributed by atoms with van der Waals surface area (Å²) in [6.45, 7) is 5.92. The SMILES string of the molecule is BrCC1(CN2CCN(c3nccs3)CC2)CCCCCC1. The Bertz CT molecular complexity index is 407. The van der Waals surface area contributed by atoms with Crippen molar-refractivity contribution in [3.05, 3.63) is 11.6 Å². The molecule has 2 aliphatic rings. The first kappa shape index (κ1) is 15.8. The fraction of sp³-hybridized carbons (Fsp3) is 0.812. The van der Waals surface area contributed by atoms with Crippen molar-refractivity contribution in [2.75, 3.05) is 43.0 Å². The van der Waals surface area contributed by atoms with Gasteiger partial charge in [-0.3, -0.25) is 4.90 Å². The highest BCUT2D eigenvalue weighted by Gasteiger charge is 2.33. The lowest BCUT2D eigenvalue weighted by molar-refractivity contribution is 0.145. The predicted molar refractivity (Wildman–Crippen MR) is 94.7 cm³/mol. The van der Waals surface area contributed by atoms with E-state index in [1.807, 2.05) is 6.20 Å². The summed E-state index contributed by atoms with van der Waals surface area (Å²) in [7, 11) is 0. The number of halogens is 1. The van der Waals surface area contributed by atoms with Crippen molar-refractivity contribution in [1.82, 2.24) is 9.88 Å². The van der Waals surface area contributed by atoms with E-state index in [2.05, 4.69) is 36.1 Å². The van der Waals surface area contributed by atoms with Crippen LogP contribution in [-0.2, 0) is 0 Å². The van der Waals surface area contributed by atoms with Gasteiger partial charge in [-0.15, -0.1) is 11.3 Å². The molecule has 3 nitrogen and oxygen atoms in total. The van der Waals surface area contributed by atoms with Crippen LogP contribution in [0.25, 0.3) is 0 Å². The molecular weight excluding hydrogens is 346 g/mol. The number of rotatable bonds is 4. The summed E-state index contributed by atoms with van der Waals surface area (Å²) in [5.74, 6) is 0. The summed E-state index contributed by atoms with van der Waals surface area (Å²) in [6.07, 6.45) is 10.4. The van der Waals surface area contributed by atoms with Crippen LogP contribution in [0.2, 0.25) is 0 Å². The van der Waals surface area contributed by atoms with Crippen molar-refractivity contribution in [2.45, 2.75) is 38.5 Å². The van der Waals surface area contributed by atoms with Crippen LogP contribution in [0, 0.1) is 5.41 Å². The molecule has 0 spiro atoms. The van der Waals surface area contributed by atoms with Gasteiger partial charge in [-0.2, -0.15) is 0 Å². The number of hydrogen-bond acceptors (Lipinski definition) is 4. The second kappa shape index (κ2) is 7.42. The highest BCUT2D eigenvalue weighted by molar-refractivity contribution is 9.09. The van der Waals surface area contributed by atoms with Gasteiger partial charge in [0.25, 0.3) is 0 Å². The number of aromatic nitrogens is 1. The molecule has 0 unspecified atom stereocenters. The van der Waals surface area contributed by atoms with Gasteiger partial charge >= 0.3 is 0 Å². The van der Waals surface area contributed by atoms with E-state index in [-0.39, 0.29) is 0 Å². The van der Waals surface area contributed by atoms with E-state index in [1.165, 1.54) is 68.6 Å². The van der Waals surface area contributed by atoms with Crippen LogP contribution in [-0.4, -0.2) is 47.9 Å². The molecule has 21 heavy (non-hydrogen) atoms. The maximum absolute atomic E-state index is 4.44. The molecule has 3 rings (SSSR count). The first-order valence-corrected chi connectivity index (χ1v) is 10.2. The van der Waals surface area contributed by atoms with Gasteiger partial charge < -0.3 is 4.90 Å². The van der Waals surface area contributed by atoms with Crippen molar-refractivity contribution in [2.24, 2.45) is 5.41 Å². The summed E-state index contributed by atoms with van der Waals surface area (Å²) in [5, 5.41) is 4.44. The summed E-state index contributed by atoms with van der Waals surface area (Å²) in [4.78, 5) is 9.57. The molecular formula is C16H26BrN3S. The fourth-order valence-electron chi connectivity index (χ4n) is 3.76. The topological polar surface area (TPSA) is 19.4 Å². The molecule has 0 aromatic carbocycles. The molecule has 1 aromatic rings. The first-order chi connectivity index (χ1) is 10.3. The fourth-order valence-corrected chi connectivity index (χ4v) is 5.19. The van der Waals surface area contributed by atoms with Crippen molar-refractivity contribution in [3.63, 3.8) is 0 Å². The lowest BCUT2D eigenvalue weighted by atomic mass is 9.82. The van der Waals surface area contributed by atoms with Crippen LogP contribution in [0.15, 0.2) is 11.6 Å². The molecule has 1 aliphatic heterocycles. The Labute approximate surface area is 140 Å². The second-order valence-corrected chi connectivity index (χ2v) is 8.06. The number of piperazine rings is 1. The average Bonchev–Trinajstić information content (AvgIpc) is 2.96. The Balaban J connectivity index is 1.54. The van der Waals surface area contributed by atoms with Gasteiger partial charge in [0.2, 0.25) is 0 Å². The average molecular weight is 372 g/mol. The molecule has 2 heterocycles. The molecule has 5 heteroatoms. The zero-order valence-electron chi connectivity index (χ0n) is 12.8. The zero-order valence-corrected chi connectivity index (χ0v) is 15.2. The molecule has 118 valence electrons. The van der Waals surface area contributed by atoms with E-state index in [1.54, 1.807) is 11.3 Å². The van der Waals surface area contributed by atoms with E-state index in [4.69, 9.17) is 0 Å². The summed E-state index contributed by atoms with van der Waals surface area (Å²) in [6, 6.07) is 0. The molecule has 0 atom stereocenters. The lowest BCUT2D eigenvalue weighted by Crippen LogP contribution is -2.50. The minimum absolute atomic E-state index is 0.528. The van der Waals surface area contributed by atoms with Gasteiger partial charge in [0.1, 0.15) is 0 Å². The first-order valence-electron chi connectivity index (χ1n) is 8.24. The summed E-state index contributed by atoms with van der Waals surface area (Å²) >= 11 is 5.59. The van der Waals surface area contributed by atoms with E-state index >= 15 is 0 Å². The van der Waals surface area contributed by atoms with Crippen LogP contribution < -0.4 is 4.90 Å². The normalized spacial score (nSPS) is 24.0. The van der Waals surface area contributed by atoms with E-state index < -0.39 is 0 Å². The van der Waals surface area contributed by atoms with Gasteiger partial charge in [0, 0.05) is 49.6 Å². The number of nitrogens with zero attached hydrogens (tertiary/aromatic N) is 3. The smallest absolute Gasteiger partial charge is 0.185 e. The molecule has 1 saturated heterocycles. The largest absolute Gasteiger partial charge is 0.346 e. The van der Waals surface area contributed by atoms with Crippen molar-refractivity contribution < 1.29 is 0 Å². The van der Waals surface area contributed by atoms with Crippen LogP contribution >= 0.6 is 27.3 Å². The Morgan fingerprint density at radius 3 is 2.38 bits per heavy atom. The van der Waals surface area contributed by atoms with Crippen LogP contribution in [0.4, 0.5) is 5.13 Å². The van der Waals surface area contributed by atoms with Crippen LogP contribution in [0.5, 0.6) is 0 Å². The molecule has 0 amide bonds. The van der Waals surface area contributed by atoms with Gasteiger partial charge in [-0.05, 0) is 18.3 Å². The highest BCUT2D eigenvalue weighted by Crippen LogP contribution is 2.37. The maximum atomic E-state index is 4.44. The molecule has 1 aliphatic carbocycles. The van der Waals surface area contributed by atoms with Gasteiger partial charge in [-0.1, -0.05) is 41.6 Å². The minimum Gasteiger partial charge on any atom is -0.346 e. The summed E-state index contributed by atoms with van der Waals surface area (Å²) in [5.41, 5.74) is 0.528. The van der Waals surface area contributed by atoms with E-state index in [0.29, 0.717) is 5.41 Å². The van der Waals surface area contributed by atoms with Crippen molar-refractivity contribution in [1.29, 1.82) is 0 Å². The third-order valence-electron chi connectivity index (χ3n) is 5.07. The maximum Gasteiger partial charge on any atom is 0.185 e. The van der Waals surface area contributed by atoms with Crippen LogP contribution in [0.1, 0.15) is 38.5 Å². The van der Waals surface area contributed by atoms with Gasteiger partial charge in [0.05, 0.1) is 0 Å². The van der Waals surface area contributed by atoms with Crippen LogP contribution in [0.3, 0.4) is 0 Å². The van der Waals surface area contributed by atoms with Crippen molar-refractivity contribution >= 4 is 32.4 Å². The highest BCUT2D eigenvalue weighted by atomic mass is 79.9. The standard InChI is InChI=1S/C16H26BrN3S/c17-13-16(5-3-1-2-4-6-16)14-19-8-10-20(11-9-19)15-18-7-12-21-15/h7,12H,1-6,8-11,13-14H2. The molecule has 0 bridgehead atoms. The third-order valence-corrected chi connectivity index (χ3v) is 7.09.